The molecule has 3 aromatic rings. The zero-order valence-corrected chi connectivity index (χ0v) is 14.6. The second-order valence-electron chi connectivity index (χ2n) is 5.18. The second kappa shape index (κ2) is 8.88. The van der Waals surface area contributed by atoms with E-state index in [2.05, 4.69) is 103 Å². The van der Waals surface area contributed by atoms with Crippen LogP contribution in [0.3, 0.4) is 0 Å². The standard InChI is InChI=1S/C19H16.H3O3PS/c1-4-10-16(11-5-1)19(17-12-6-2-7-13-17)18-14-8-3-9-15-18;1-4(2,3)5/h1-15,19H;(H3,1,2,3,5). The summed E-state index contributed by atoms with van der Waals surface area (Å²) in [6, 6.07) is 32.0. The van der Waals surface area contributed by atoms with E-state index in [1.807, 2.05) is 0 Å². The van der Waals surface area contributed by atoms with Crippen LogP contribution >= 0.6 is 6.72 Å². The van der Waals surface area contributed by atoms with Crippen LogP contribution in [-0.2, 0) is 11.8 Å². The predicted octanol–water partition coefficient (Wildman–Crippen LogP) is 4.05. The molecule has 0 atom stereocenters. The second-order valence-corrected chi connectivity index (χ2v) is 7.67. The van der Waals surface area contributed by atoms with Gasteiger partial charge in [0, 0.05) is 5.92 Å². The molecule has 24 heavy (non-hydrogen) atoms. The van der Waals surface area contributed by atoms with Crippen molar-refractivity contribution in [2.75, 3.05) is 0 Å². The molecule has 0 radical (unpaired) electrons. The molecular weight excluding hydrogens is 339 g/mol. The number of hydrogen-bond acceptors (Lipinski definition) is 1. The van der Waals surface area contributed by atoms with Crippen molar-refractivity contribution in [3.8, 4) is 0 Å². The topological polar surface area (TPSA) is 60.7 Å². The molecule has 0 aromatic heterocycles. The van der Waals surface area contributed by atoms with E-state index in [4.69, 9.17) is 14.7 Å². The normalized spacial score (nSPS) is 10.8. The Kier molecular flexibility index (Phi) is 6.85. The number of hydrogen-bond donors (Lipinski definition) is 3. The van der Waals surface area contributed by atoms with Crippen molar-refractivity contribution in [2.45, 2.75) is 5.92 Å². The van der Waals surface area contributed by atoms with Crippen molar-refractivity contribution in [3.05, 3.63) is 108 Å². The lowest BCUT2D eigenvalue weighted by atomic mass is 9.85. The number of benzene rings is 3. The Labute approximate surface area is 147 Å². The highest BCUT2D eigenvalue weighted by Gasteiger charge is 2.15. The fourth-order valence-electron chi connectivity index (χ4n) is 2.51. The van der Waals surface area contributed by atoms with E-state index in [1.54, 1.807) is 0 Å². The first-order chi connectivity index (χ1) is 11.4. The maximum Gasteiger partial charge on any atom is 0.319 e. The van der Waals surface area contributed by atoms with Gasteiger partial charge >= 0.3 is 6.72 Å². The lowest BCUT2D eigenvalue weighted by Crippen LogP contribution is -2.02. The SMILES string of the molecule is OP(O)(O)=S.c1ccc(C(c2ccccc2)c2ccccc2)cc1. The van der Waals surface area contributed by atoms with Gasteiger partial charge < -0.3 is 14.7 Å². The third-order valence-electron chi connectivity index (χ3n) is 3.40. The molecule has 5 heteroatoms. The van der Waals surface area contributed by atoms with Crippen LogP contribution in [0.1, 0.15) is 22.6 Å². The lowest BCUT2D eigenvalue weighted by molar-refractivity contribution is 0.363. The summed E-state index contributed by atoms with van der Waals surface area (Å²) >= 11 is 3.60. The minimum absolute atomic E-state index is 0.309. The molecule has 3 N–H and O–H groups in total. The minimum atomic E-state index is -3.81. The van der Waals surface area contributed by atoms with E-state index < -0.39 is 6.72 Å². The molecule has 0 aliphatic carbocycles. The quantitative estimate of drug-likeness (QED) is 0.488. The van der Waals surface area contributed by atoms with Crippen molar-refractivity contribution >= 4 is 18.5 Å². The van der Waals surface area contributed by atoms with Gasteiger partial charge in [-0.2, -0.15) is 0 Å². The lowest BCUT2D eigenvalue weighted by Gasteiger charge is -2.18. The highest BCUT2D eigenvalue weighted by Crippen LogP contribution is 2.31. The first-order valence-electron chi connectivity index (χ1n) is 7.38. The zero-order chi connectivity index (χ0) is 17.4. The van der Waals surface area contributed by atoms with Gasteiger partial charge in [0.15, 0.2) is 0 Å². The van der Waals surface area contributed by atoms with Crippen molar-refractivity contribution in [1.82, 2.24) is 0 Å². The molecule has 0 spiro atoms. The maximum absolute atomic E-state index is 7.56. The molecule has 0 unspecified atom stereocenters. The fraction of sp³-hybridized carbons (Fsp3) is 0.0526. The Balaban J connectivity index is 0.000000368. The molecule has 3 aromatic carbocycles. The molecule has 0 aliphatic heterocycles. The summed E-state index contributed by atoms with van der Waals surface area (Å²) in [5, 5.41) is 0. The summed E-state index contributed by atoms with van der Waals surface area (Å²) < 4.78 is 0. The molecule has 3 nitrogen and oxygen atoms in total. The Hall–Kier alpha value is -1.81. The molecule has 0 saturated heterocycles. The smallest absolute Gasteiger partial charge is 0.319 e. The van der Waals surface area contributed by atoms with Crippen LogP contribution in [0, 0.1) is 0 Å². The Morgan fingerprint density at radius 1 is 0.542 bits per heavy atom. The van der Waals surface area contributed by atoms with E-state index in [1.165, 1.54) is 16.7 Å². The summed E-state index contributed by atoms with van der Waals surface area (Å²) in [6.07, 6.45) is 0. The summed E-state index contributed by atoms with van der Waals surface area (Å²) in [6.45, 7) is -3.81. The Morgan fingerprint density at radius 2 is 0.750 bits per heavy atom. The monoisotopic (exact) mass is 358 g/mol. The van der Waals surface area contributed by atoms with Gasteiger partial charge in [0.1, 0.15) is 0 Å². The van der Waals surface area contributed by atoms with Gasteiger partial charge in [-0.05, 0) is 28.5 Å². The van der Waals surface area contributed by atoms with Crippen LogP contribution in [0.4, 0.5) is 0 Å². The molecule has 124 valence electrons. The molecule has 3 rings (SSSR count). The number of rotatable bonds is 3. The van der Waals surface area contributed by atoms with Gasteiger partial charge in [0.05, 0.1) is 0 Å². The van der Waals surface area contributed by atoms with E-state index in [0.29, 0.717) is 5.92 Å². The highest BCUT2D eigenvalue weighted by molar-refractivity contribution is 8.06. The minimum Gasteiger partial charge on any atom is -0.325 e. The van der Waals surface area contributed by atoms with Crippen molar-refractivity contribution < 1.29 is 14.7 Å². The van der Waals surface area contributed by atoms with Gasteiger partial charge in [-0.3, -0.25) is 0 Å². The molecule has 0 saturated carbocycles. The van der Waals surface area contributed by atoms with Crippen LogP contribution in [0.2, 0.25) is 0 Å². The third kappa shape index (κ3) is 6.36. The van der Waals surface area contributed by atoms with Crippen LogP contribution in [0.15, 0.2) is 91.0 Å². The van der Waals surface area contributed by atoms with Gasteiger partial charge in [0.2, 0.25) is 0 Å². The summed E-state index contributed by atoms with van der Waals surface area (Å²) in [4.78, 5) is 22.7. The molecule has 0 amide bonds. The predicted molar refractivity (Wildman–Crippen MR) is 101 cm³/mol. The summed E-state index contributed by atoms with van der Waals surface area (Å²) in [5.41, 5.74) is 4.00. The molecule has 0 heterocycles. The van der Waals surface area contributed by atoms with Crippen LogP contribution in [-0.4, -0.2) is 14.7 Å². The van der Waals surface area contributed by atoms with E-state index in [9.17, 15) is 0 Å². The Bertz CT molecular complexity index is 671. The average molecular weight is 358 g/mol. The zero-order valence-electron chi connectivity index (χ0n) is 12.9. The highest BCUT2D eigenvalue weighted by atomic mass is 32.5. The van der Waals surface area contributed by atoms with Crippen LogP contribution in [0.5, 0.6) is 0 Å². The molecule has 0 fully saturated rings. The van der Waals surface area contributed by atoms with Crippen LogP contribution in [0.25, 0.3) is 0 Å². The first-order valence-corrected chi connectivity index (χ1v) is 10.0. The van der Waals surface area contributed by atoms with E-state index >= 15 is 0 Å². The average Bonchev–Trinajstić information content (AvgIpc) is 2.57. The van der Waals surface area contributed by atoms with Gasteiger partial charge in [-0.25, -0.2) is 0 Å². The van der Waals surface area contributed by atoms with Crippen LogP contribution < -0.4 is 0 Å². The van der Waals surface area contributed by atoms with Crippen molar-refractivity contribution in [1.29, 1.82) is 0 Å². The third-order valence-corrected chi connectivity index (χ3v) is 3.40. The van der Waals surface area contributed by atoms with E-state index in [-0.39, 0.29) is 0 Å². The van der Waals surface area contributed by atoms with Gasteiger partial charge in [0.25, 0.3) is 0 Å². The Morgan fingerprint density at radius 3 is 0.958 bits per heavy atom. The van der Waals surface area contributed by atoms with Gasteiger partial charge in [-0.1, -0.05) is 91.0 Å². The molecule has 0 bridgehead atoms. The molecule has 0 aliphatic rings. The van der Waals surface area contributed by atoms with Gasteiger partial charge in [-0.15, -0.1) is 0 Å². The maximum atomic E-state index is 7.56. The first kappa shape index (κ1) is 18.5. The largest absolute Gasteiger partial charge is 0.325 e. The summed E-state index contributed by atoms with van der Waals surface area (Å²) in [7, 11) is 0. The fourth-order valence-corrected chi connectivity index (χ4v) is 2.51. The van der Waals surface area contributed by atoms with E-state index in [0.717, 1.165) is 0 Å². The van der Waals surface area contributed by atoms with Crippen molar-refractivity contribution in [3.63, 3.8) is 0 Å². The summed E-state index contributed by atoms with van der Waals surface area (Å²) in [5.74, 6) is 0.309. The van der Waals surface area contributed by atoms with Crippen molar-refractivity contribution in [2.24, 2.45) is 0 Å². The molecular formula is C19H19O3PS.